The molecule has 1 atom stereocenters. The zero-order valence-corrected chi connectivity index (χ0v) is 11.1. The Balaban J connectivity index is 1.85. The number of likely N-dealkylation sites (N-methyl/N-ethyl adjacent to an activating group) is 1. The fourth-order valence-corrected chi connectivity index (χ4v) is 2.68. The monoisotopic (exact) mass is 245 g/mol. The number of hydrogen-bond donors (Lipinski definition) is 1. The van der Waals surface area contributed by atoms with Gasteiger partial charge in [-0.25, -0.2) is 4.98 Å². The van der Waals surface area contributed by atoms with Gasteiger partial charge in [0.05, 0.1) is 0 Å². The van der Waals surface area contributed by atoms with Crippen molar-refractivity contribution in [1.29, 1.82) is 0 Å². The van der Waals surface area contributed by atoms with Crippen molar-refractivity contribution < 1.29 is 4.42 Å². The summed E-state index contributed by atoms with van der Waals surface area (Å²) < 4.78 is 5.36. The lowest BCUT2D eigenvalue weighted by Crippen LogP contribution is -2.33. The summed E-state index contributed by atoms with van der Waals surface area (Å²) >= 11 is 0. The molecule has 1 aromatic carbocycles. The highest BCUT2D eigenvalue weighted by Gasteiger charge is 2.32. The Morgan fingerprint density at radius 1 is 1.44 bits per heavy atom. The topological polar surface area (TPSA) is 41.3 Å². The molecule has 3 rings (SSSR count). The van der Waals surface area contributed by atoms with E-state index < -0.39 is 0 Å². The molecule has 1 aliphatic rings. The van der Waals surface area contributed by atoms with Gasteiger partial charge in [0.1, 0.15) is 5.52 Å². The molecule has 1 unspecified atom stereocenters. The third kappa shape index (κ3) is 1.97. The first-order valence-corrected chi connectivity index (χ1v) is 6.36. The zero-order valence-electron chi connectivity index (χ0n) is 11.1. The van der Waals surface area contributed by atoms with Crippen LogP contribution in [-0.2, 0) is 0 Å². The van der Waals surface area contributed by atoms with Crippen LogP contribution in [0.4, 0.5) is 5.69 Å². The highest BCUT2D eigenvalue weighted by atomic mass is 16.3. The van der Waals surface area contributed by atoms with Crippen molar-refractivity contribution in [3.05, 3.63) is 24.6 Å². The smallest absolute Gasteiger partial charge is 0.181 e. The molecule has 0 radical (unpaired) electrons. The molecule has 1 saturated heterocycles. The highest BCUT2D eigenvalue weighted by molar-refractivity contribution is 5.77. The molecule has 0 bridgehead atoms. The van der Waals surface area contributed by atoms with Crippen molar-refractivity contribution in [2.75, 3.05) is 18.5 Å². The van der Waals surface area contributed by atoms with E-state index in [-0.39, 0.29) is 5.54 Å². The van der Waals surface area contributed by atoms with Crippen LogP contribution in [0.3, 0.4) is 0 Å². The number of fused-ring (bicyclic) bond motifs is 1. The van der Waals surface area contributed by atoms with Crippen molar-refractivity contribution in [3.8, 4) is 0 Å². The number of anilines is 1. The average Bonchev–Trinajstić information content (AvgIpc) is 2.93. The van der Waals surface area contributed by atoms with Crippen LogP contribution in [0.25, 0.3) is 11.1 Å². The summed E-state index contributed by atoms with van der Waals surface area (Å²) in [5.41, 5.74) is 3.18. The molecule has 2 aromatic rings. The van der Waals surface area contributed by atoms with Crippen LogP contribution in [0.2, 0.25) is 0 Å². The largest absolute Gasteiger partial charge is 0.443 e. The van der Waals surface area contributed by atoms with Crippen LogP contribution in [0, 0.1) is 0 Å². The van der Waals surface area contributed by atoms with Crippen molar-refractivity contribution in [3.63, 3.8) is 0 Å². The average molecular weight is 245 g/mol. The van der Waals surface area contributed by atoms with Gasteiger partial charge < -0.3 is 14.6 Å². The third-order valence-corrected chi connectivity index (χ3v) is 3.83. The summed E-state index contributed by atoms with van der Waals surface area (Å²) in [4.78, 5) is 6.47. The molecule has 1 aliphatic heterocycles. The third-order valence-electron chi connectivity index (χ3n) is 3.83. The lowest BCUT2D eigenvalue weighted by Gasteiger charge is -2.27. The van der Waals surface area contributed by atoms with Gasteiger partial charge in [-0.3, -0.25) is 0 Å². The molecule has 4 heteroatoms. The SMILES string of the molecule is CN(c1ccc2ncoc2c1)C1CNC(C)(C)C1. The van der Waals surface area contributed by atoms with Crippen molar-refractivity contribution >= 4 is 16.8 Å². The van der Waals surface area contributed by atoms with E-state index in [1.165, 1.54) is 12.1 Å². The normalized spacial score (nSPS) is 22.5. The maximum atomic E-state index is 5.36. The van der Waals surface area contributed by atoms with E-state index in [0.29, 0.717) is 6.04 Å². The number of benzene rings is 1. The van der Waals surface area contributed by atoms with E-state index in [2.05, 4.69) is 48.2 Å². The Bertz CT molecular complexity index is 561. The number of hydrogen-bond acceptors (Lipinski definition) is 4. The van der Waals surface area contributed by atoms with E-state index in [1.807, 2.05) is 6.07 Å². The fraction of sp³-hybridized carbons (Fsp3) is 0.500. The molecule has 0 spiro atoms. The van der Waals surface area contributed by atoms with E-state index in [4.69, 9.17) is 4.42 Å². The molecule has 1 N–H and O–H groups in total. The van der Waals surface area contributed by atoms with Gasteiger partial charge in [-0.1, -0.05) is 0 Å². The first-order valence-electron chi connectivity index (χ1n) is 6.36. The van der Waals surface area contributed by atoms with Gasteiger partial charge in [0, 0.05) is 36.9 Å². The molecule has 0 amide bonds. The van der Waals surface area contributed by atoms with Gasteiger partial charge in [-0.15, -0.1) is 0 Å². The maximum Gasteiger partial charge on any atom is 0.181 e. The highest BCUT2D eigenvalue weighted by Crippen LogP contribution is 2.27. The lowest BCUT2D eigenvalue weighted by molar-refractivity contribution is 0.454. The van der Waals surface area contributed by atoms with E-state index >= 15 is 0 Å². The Kier molecular flexibility index (Phi) is 2.55. The molecule has 18 heavy (non-hydrogen) atoms. The van der Waals surface area contributed by atoms with Gasteiger partial charge in [-0.2, -0.15) is 0 Å². The van der Waals surface area contributed by atoms with E-state index in [1.54, 1.807) is 0 Å². The molecule has 1 aromatic heterocycles. The Morgan fingerprint density at radius 3 is 3.00 bits per heavy atom. The fourth-order valence-electron chi connectivity index (χ4n) is 2.68. The quantitative estimate of drug-likeness (QED) is 0.882. The van der Waals surface area contributed by atoms with E-state index in [0.717, 1.165) is 24.1 Å². The van der Waals surface area contributed by atoms with Gasteiger partial charge in [0.15, 0.2) is 12.0 Å². The van der Waals surface area contributed by atoms with Crippen LogP contribution >= 0.6 is 0 Å². The van der Waals surface area contributed by atoms with Crippen molar-refractivity contribution in [1.82, 2.24) is 10.3 Å². The predicted molar refractivity (Wildman–Crippen MR) is 72.9 cm³/mol. The molecular formula is C14H19N3O. The van der Waals surface area contributed by atoms with Crippen LogP contribution < -0.4 is 10.2 Å². The second kappa shape index (κ2) is 3.99. The molecule has 96 valence electrons. The first-order chi connectivity index (χ1) is 8.55. The standard InChI is InChI=1S/C14H19N3O/c1-14(2)7-11(8-16-14)17(3)10-4-5-12-13(6-10)18-9-15-12/h4-6,9,11,16H,7-8H2,1-3H3. The molecule has 0 saturated carbocycles. The molecule has 4 nitrogen and oxygen atoms in total. The summed E-state index contributed by atoms with van der Waals surface area (Å²) in [5, 5.41) is 3.55. The Morgan fingerprint density at radius 2 is 2.28 bits per heavy atom. The summed E-state index contributed by atoms with van der Waals surface area (Å²) in [5.74, 6) is 0. The van der Waals surface area contributed by atoms with Gasteiger partial charge in [0.25, 0.3) is 0 Å². The lowest BCUT2D eigenvalue weighted by atomic mass is 10.0. The Labute approximate surface area is 107 Å². The minimum Gasteiger partial charge on any atom is -0.443 e. The second-order valence-electron chi connectivity index (χ2n) is 5.74. The summed E-state index contributed by atoms with van der Waals surface area (Å²) in [6, 6.07) is 6.71. The van der Waals surface area contributed by atoms with Crippen LogP contribution in [0.5, 0.6) is 0 Å². The number of aromatic nitrogens is 1. The number of nitrogens with one attached hydrogen (secondary N) is 1. The summed E-state index contributed by atoms with van der Waals surface area (Å²) in [6.07, 6.45) is 2.65. The zero-order chi connectivity index (χ0) is 12.8. The summed E-state index contributed by atoms with van der Waals surface area (Å²) in [7, 11) is 2.14. The second-order valence-corrected chi connectivity index (χ2v) is 5.74. The number of oxazole rings is 1. The van der Waals surface area contributed by atoms with E-state index in [9.17, 15) is 0 Å². The van der Waals surface area contributed by atoms with Crippen molar-refractivity contribution in [2.45, 2.75) is 31.8 Å². The maximum absolute atomic E-state index is 5.36. The molecule has 1 fully saturated rings. The summed E-state index contributed by atoms with van der Waals surface area (Å²) in [6.45, 7) is 5.53. The minimum absolute atomic E-state index is 0.231. The number of rotatable bonds is 2. The van der Waals surface area contributed by atoms with Crippen molar-refractivity contribution in [2.24, 2.45) is 0 Å². The Hall–Kier alpha value is -1.55. The number of nitrogens with zero attached hydrogens (tertiary/aromatic N) is 2. The molecule has 2 heterocycles. The van der Waals surface area contributed by atoms with Crippen LogP contribution in [0.1, 0.15) is 20.3 Å². The first kappa shape index (κ1) is 11.5. The molecular weight excluding hydrogens is 226 g/mol. The van der Waals surface area contributed by atoms with Crippen LogP contribution in [-0.4, -0.2) is 30.2 Å². The van der Waals surface area contributed by atoms with Gasteiger partial charge in [-0.05, 0) is 32.4 Å². The van der Waals surface area contributed by atoms with Gasteiger partial charge in [0.2, 0.25) is 0 Å². The van der Waals surface area contributed by atoms with Crippen LogP contribution in [0.15, 0.2) is 29.0 Å². The predicted octanol–water partition coefficient (Wildman–Crippen LogP) is 2.40. The molecule has 0 aliphatic carbocycles. The minimum atomic E-state index is 0.231. The van der Waals surface area contributed by atoms with Gasteiger partial charge >= 0.3 is 0 Å².